The molecule has 0 fully saturated rings. The van der Waals surface area contributed by atoms with Crippen LogP contribution >= 0.6 is 0 Å². The monoisotopic (exact) mass is 825 g/mol. The molecule has 0 amide bonds. The summed E-state index contributed by atoms with van der Waals surface area (Å²) < 4.78 is 101. The van der Waals surface area contributed by atoms with E-state index in [-0.39, 0.29) is 22.3 Å². The van der Waals surface area contributed by atoms with Crippen LogP contribution in [0.3, 0.4) is 0 Å². The highest BCUT2D eigenvalue weighted by molar-refractivity contribution is 7.91. The summed E-state index contributed by atoms with van der Waals surface area (Å²) in [6.45, 7) is 0. The molecule has 0 aromatic heterocycles. The van der Waals surface area contributed by atoms with E-state index in [1.165, 1.54) is 12.1 Å². The third kappa shape index (κ3) is 8.33. The van der Waals surface area contributed by atoms with Crippen LogP contribution in [-0.4, -0.2) is 61.9 Å². The molecule has 7 rings (SSSR count). The van der Waals surface area contributed by atoms with E-state index in [9.17, 15) is 48.5 Å². The second-order valence-electron chi connectivity index (χ2n) is 12.4. The molecule has 6 N–H and O–H groups in total. The van der Waals surface area contributed by atoms with Gasteiger partial charge in [0.05, 0.1) is 16.3 Å². The van der Waals surface area contributed by atoms with Crippen molar-refractivity contribution in [2.45, 2.75) is 4.90 Å². The minimum atomic E-state index is -5.01. The number of hydrogen-bond donors (Lipinski definition) is 6. The number of allylic oxidation sites excluding steroid dienone is 2. The summed E-state index contributed by atoms with van der Waals surface area (Å²) >= 11 is 0. The van der Waals surface area contributed by atoms with Crippen molar-refractivity contribution in [3.8, 4) is 11.1 Å². The number of benzene rings is 5. The van der Waals surface area contributed by atoms with Gasteiger partial charge in [0.1, 0.15) is 9.81 Å². The Morgan fingerprint density at radius 1 is 0.456 bits per heavy atom. The fourth-order valence-corrected chi connectivity index (χ4v) is 7.73. The van der Waals surface area contributed by atoms with Crippen LogP contribution in [0, 0.1) is 0 Å². The molecule has 0 saturated carbocycles. The number of nitrogens with one attached hydrogen (secondary N) is 3. The van der Waals surface area contributed by atoms with Crippen molar-refractivity contribution in [2.75, 3.05) is 16.2 Å². The molecule has 0 unspecified atom stereocenters. The van der Waals surface area contributed by atoms with Gasteiger partial charge >= 0.3 is 0 Å². The van der Waals surface area contributed by atoms with Gasteiger partial charge in [-0.1, -0.05) is 42.5 Å². The summed E-state index contributed by atoms with van der Waals surface area (Å²) in [6, 6.07) is 30.1. The molecule has 0 bridgehead atoms. The number of anilines is 4. The van der Waals surface area contributed by atoms with Crippen molar-refractivity contribution in [3.63, 3.8) is 0 Å². The molecule has 5 aromatic rings. The molecular formula is C38H27N5O11S3. The van der Waals surface area contributed by atoms with Crippen LogP contribution in [0.1, 0.15) is 31.8 Å². The van der Waals surface area contributed by atoms with Gasteiger partial charge in [0.25, 0.3) is 30.4 Å². The van der Waals surface area contributed by atoms with Crippen molar-refractivity contribution < 1.29 is 48.5 Å². The van der Waals surface area contributed by atoms with Crippen LogP contribution in [0.2, 0.25) is 0 Å². The smallest absolute Gasteiger partial charge is 0.296 e. The molecule has 0 saturated heterocycles. The predicted molar refractivity (Wildman–Crippen MR) is 214 cm³/mol. The van der Waals surface area contributed by atoms with Gasteiger partial charge in [-0.05, 0) is 107 Å². The zero-order valence-corrected chi connectivity index (χ0v) is 31.3. The lowest BCUT2D eigenvalue weighted by molar-refractivity contribution is 0.105. The quantitative estimate of drug-likeness (QED) is 0.0684. The highest BCUT2D eigenvalue weighted by Gasteiger charge is 2.34. The molecule has 0 spiro atoms. The molecule has 0 heterocycles. The largest absolute Gasteiger partial charge is 0.356 e. The van der Waals surface area contributed by atoms with Crippen LogP contribution < -0.4 is 16.2 Å². The number of hydrogen-bond acceptors (Lipinski definition) is 13. The van der Waals surface area contributed by atoms with E-state index in [1.807, 2.05) is 30.3 Å². The Morgan fingerprint density at radius 3 is 1.35 bits per heavy atom. The molecule has 2 aliphatic carbocycles. The predicted octanol–water partition coefficient (Wildman–Crippen LogP) is 6.13. The Balaban J connectivity index is 1.06. The molecule has 19 heteroatoms. The molecule has 57 heavy (non-hydrogen) atoms. The summed E-state index contributed by atoms with van der Waals surface area (Å²) in [6.07, 6.45) is 2.04. The van der Waals surface area contributed by atoms with E-state index in [0.717, 1.165) is 30.0 Å². The van der Waals surface area contributed by atoms with Gasteiger partial charge in [-0.15, -0.1) is 0 Å². The first-order chi connectivity index (χ1) is 27.0. The van der Waals surface area contributed by atoms with Crippen molar-refractivity contribution >= 4 is 88.2 Å². The van der Waals surface area contributed by atoms with E-state index in [2.05, 4.69) is 26.4 Å². The minimum absolute atomic E-state index is 0.118. The zero-order valence-electron chi connectivity index (χ0n) is 28.9. The van der Waals surface area contributed by atoms with Crippen LogP contribution in [0.4, 0.5) is 22.7 Å². The van der Waals surface area contributed by atoms with Crippen molar-refractivity contribution in [2.24, 2.45) is 10.2 Å². The number of hydrazone groups is 2. The maximum atomic E-state index is 13.4. The van der Waals surface area contributed by atoms with E-state index < -0.39 is 68.0 Å². The second-order valence-corrected chi connectivity index (χ2v) is 16.6. The van der Waals surface area contributed by atoms with E-state index >= 15 is 0 Å². The van der Waals surface area contributed by atoms with Gasteiger partial charge in [0.15, 0.2) is 11.4 Å². The third-order valence-electron chi connectivity index (χ3n) is 8.65. The maximum Gasteiger partial charge on any atom is 0.296 e. The molecular weight excluding hydrogens is 799 g/mol. The van der Waals surface area contributed by atoms with Crippen molar-refractivity contribution in [1.29, 1.82) is 0 Å². The third-order valence-corrected chi connectivity index (χ3v) is 11.2. The van der Waals surface area contributed by atoms with Crippen molar-refractivity contribution in [1.82, 2.24) is 0 Å². The molecule has 2 aliphatic rings. The number of fused-ring (bicyclic) bond motifs is 2. The van der Waals surface area contributed by atoms with Gasteiger partial charge in [-0.3, -0.25) is 34.1 Å². The van der Waals surface area contributed by atoms with Crippen LogP contribution in [0.5, 0.6) is 0 Å². The van der Waals surface area contributed by atoms with E-state index in [4.69, 9.17) is 0 Å². The molecule has 0 atom stereocenters. The minimum Gasteiger partial charge on any atom is -0.356 e. The van der Waals surface area contributed by atoms with Gasteiger partial charge in [-0.2, -0.15) is 35.5 Å². The van der Waals surface area contributed by atoms with Crippen LogP contribution in [0.15, 0.2) is 140 Å². The zero-order chi connectivity index (χ0) is 40.7. The first-order valence-corrected chi connectivity index (χ1v) is 20.7. The summed E-state index contributed by atoms with van der Waals surface area (Å²) in [5, 5.41) is 11.1. The van der Waals surface area contributed by atoms with Gasteiger partial charge in [0.2, 0.25) is 11.6 Å². The first-order valence-electron chi connectivity index (χ1n) is 16.4. The Kier molecular flexibility index (Phi) is 10.0. The first kappa shape index (κ1) is 38.7. The Morgan fingerprint density at radius 2 is 0.895 bits per heavy atom. The number of carbonyl (C=O) groups excluding carboxylic acids is 2. The molecule has 288 valence electrons. The summed E-state index contributed by atoms with van der Waals surface area (Å²) in [5.74, 6) is -1.65. The normalized spacial score (nSPS) is 15.7. The van der Waals surface area contributed by atoms with Crippen LogP contribution in [0.25, 0.3) is 23.3 Å². The summed E-state index contributed by atoms with van der Waals surface area (Å²) in [7, 11) is -14.5. The lowest BCUT2D eigenvalue weighted by Crippen LogP contribution is -2.27. The molecule has 5 aromatic carbocycles. The number of rotatable bonds is 10. The highest BCUT2D eigenvalue weighted by atomic mass is 32.2. The molecule has 0 radical (unpaired) electrons. The SMILES string of the molecule is O=C1C(=NNc2ccc(-c3ccc(NN=C4C(=O)c5ccc(S(=O)(=O)O)cc5C=C4S(=O)(=O)O)cc3)cc2)C(S(=O)(=O)O)=Cc2cc(Nc3ccccc3)ccc21. The van der Waals surface area contributed by atoms with Crippen molar-refractivity contribution in [3.05, 3.63) is 147 Å². The summed E-state index contributed by atoms with van der Waals surface area (Å²) in [4.78, 5) is 24.5. The highest BCUT2D eigenvalue weighted by Crippen LogP contribution is 2.31. The molecule has 0 aliphatic heterocycles. The standard InChI is InChI=1S/C38H27N5O11S3/c44-37-31-16-14-29(39-26-4-2-1-3-5-26)18-24(31)20-33(56(49,50)51)35(37)42-40-27-10-6-22(7-11-27)23-8-12-28(13-9-23)41-43-36-34(57(52,53)54)21-25-19-30(55(46,47)48)15-17-32(25)38(36)45/h1-21,39-41H,(H,46,47,48)(H,49,50,51)(H,52,53,54). The maximum absolute atomic E-state index is 13.4. The fourth-order valence-electron chi connectivity index (χ4n) is 5.90. The van der Waals surface area contributed by atoms with Crippen LogP contribution in [-0.2, 0) is 30.4 Å². The van der Waals surface area contributed by atoms with E-state index in [1.54, 1.807) is 60.7 Å². The Labute approximate surface area is 325 Å². The van der Waals surface area contributed by atoms with Gasteiger partial charge in [0, 0.05) is 22.5 Å². The van der Waals surface area contributed by atoms with E-state index in [0.29, 0.717) is 28.2 Å². The lowest BCUT2D eigenvalue weighted by Gasteiger charge is -2.17. The number of carbonyl (C=O) groups is 2. The lowest BCUT2D eigenvalue weighted by atomic mass is 9.94. The van der Waals surface area contributed by atoms with Gasteiger partial charge in [-0.25, -0.2) is 0 Å². The molecule has 16 nitrogen and oxygen atoms in total. The number of ketones is 2. The Hall–Kier alpha value is -6.61. The number of Topliss-reactive ketones (excluding diaryl/α,β-unsaturated/α-hetero) is 2. The average Bonchev–Trinajstić information content (AvgIpc) is 3.16. The fraction of sp³-hybridized carbons (Fsp3) is 0. The average molecular weight is 826 g/mol. The number of nitrogens with zero attached hydrogens (tertiary/aromatic N) is 2. The second kappa shape index (κ2) is 14.8. The summed E-state index contributed by atoms with van der Waals surface area (Å²) in [5.41, 5.74) is 7.75. The topological polar surface area (TPSA) is 258 Å². The Bertz CT molecular complexity index is 2960. The number of para-hydroxylation sites is 1. The van der Waals surface area contributed by atoms with Gasteiger partial charge < -0.3 is 5.32 Å².